The monoisotopic (exact) mass is 293 g/mol. The SMILES string of the molecule is CCC1(CC)CC(C)(C)N([C@@H]2CCCC[C@H]2C(C)C)C1C. The van der Waals surface area contributed by atoms with E-state index in [1.54, 1.807) is 0 Å². The first-order chi connectivity index (χ1) is 9.79. The molecule has 0 bridgehead atoms. The quantitative estimate of drug-likeness (QED) is 0.625. The molecule has 0 aromatic heterocycles. The molecule has 0 amide bonds. The van der Waals surface area contributed by atoms with Crippen LogP contribution >= 0.6 is 0 Å². The summed E-state index contributed by atoms with van der Waals surface area (Å²) in [6.45, 7) is 17.3. The average molecular weight is 294 g/mol. The van der Waals surface area contributed by atoms with E-state index >= 15 is 0 Å². The zero-order valence-electron chi connectivity index (χ0n) is 15.7. The minimum Gasteiger partial charge on any atom is -0.292 e. The Morgan fingerprint density at radius 1 is 1.05 bits per heavy atom. The fraction of sp³-hybridized carbons (Fsp3) is 1.00. The second kappa shape index (κ2) is 6.22. The summed E-state index contributed by atoms with van der Waals surface area (Å²) in [6, 6.07) is 1.57. The Bertz CT molecular complexity index is 340. The predicted octanol–water partition coefficient (Wildman–Crippen LogP) is 5.88. The van der Waals surface area contributed by atoms with Crippen LogP contribution in [0.25, 0.3) is 0 Å². The third-order valence-corrected chi connectivity index (χ3v) is 7.19. The van der Waals surface area contributed by atoms with Gasteiger partial charge in [-0.2, -0.15) is 0 Å². The van der Waals surface area contributed by atoms with E-state index in [1.807, 2.05) is 0 Å². The van der Waals surface area contributed by atoms with Crippen molar-refractivity contribution in [1.82, 2.24) is 4.90 Å². The van der Waals surface area contributed by atoms with Crippen LogP contribution in [-0.4, -0.2) is 22.5 Å². The molecule has 21 heavy (non-hydrogen) atoms. The first-order valence-corrected chi connectivity index (χ1v) is 9.57. The fourth-order valence-electron chi connectivity index (χ4n) is 6.01. The largest absolute Gasteiger partial charge is 0.292 e. The topological polar surface area (TPSA) is 3.24 Å². The summed E-state index contributed by atoms with van der Waals surface area (Å²) in [4.78, 5) is 2.98. The van der Waals surface area contributed by atoms with Crippen molar-refractivity contribution in [3.63, 3.8) is 0 Å². The number of rotatable bonds is 4. The van der Waals surface area contributed by atoms with Gasteiger partial charge in [-0.05, 0) is 70.1 Å². The Hall–Kier alpha value is -0.0400. The van der Waals surface area contributed by atoms with Crippen LogP contribution in [0.2, 0.25) is 0 Å². The zero-order valence-corrected chi connectivity index (χ0v) is 15.7. The molecule has 1 unspecified atom stereocenters. The number of likely N-dealkylation sites (tertiary alicyclic amines) is 1. The predicted molar refractivity (Wildman–Crippen MR) is 93.6 cm³/mol. The molecule has 124 valence electrons. The van der Waals surface area contributed by atoms with Crippen LogP contribution in [0, 0.1) is 17.3 Å². The summed E-state index contributed by atoms with van der Waals surface area (Å²) in [5, 5.41) is 0. The van der Waals surface area contributed by atoms with E-state index in [9.17, 15) is 0 Å². The van der Waals surface area contributed by atoms with Gasteiger partial charge in [0.25, 0.3) is 0 Å². The van der Waals surface area contributed by atoms with E-state index in [4.69, 9.17) is 0 Å². The molecule has 1 saturated heterocycles. The average Bonchev–Trinajstić information content (AvgIpc) is 2.65. The smallest absolute Gasteiger partial charge is 0.0165 e. The molecule has 2 rings (SSSR count). The molecule has 0 aromatic rings. The summed E-state index contributed by atoms with van der Waals surface area (Å²) >= 11 is 0. The van der Waals surface area contributed by atoms with E-state index < -0.39 is 0 Å². The van der Waals surface area contributed by atoms with Crippen molar-refractivity contribution in [2.45, 2.75) is 111 Å². The van der Waals surface area contributed by atoms with Crippen molar-refractivity contribution in [1.29, 1.82) is 0 Å². The van der Waals surface area contributed by atoms with Crippen molar-refractivity contribution < 1.29 is 0 Å². The molecular weight excluding hydrogens is 254 g/mol. The van der Waals surface area contributed by atoms with Gasteiger partial charge < -0.3 is 0 Å². The Morgan fingerprint density at radius 2 is 1.62 bits per heavy atom. The summed E-state index contributed by atoms with van der Waals surface area (Å²) in [6.07, 6.45) is 9.84. The van der Waals surface area contributed by atoms with Gasteiger partial charge in [-0.1, -0.05) is 40.5 Å². The highest BCUT2D eigenvalue weighted by molar-refractivity contribution is 5.08. The zero-order chi connectivity index (χ0) is 15.8. The number of hydrogen-bond acceptors (Lipinski definition) is 1. The van der Waals surface area contributed by atoms with Crippen molar-refractivity contribution in [2.24, 2.45) is 17.3 Å². The molecule has 3 atom stereocenters. The molecule has 0 radical (unpaired) electrons. The van der Waals surface area contributed by atoms with Gasteiger partial charge in [-0.25, -0.2) is 0 Å². The minimum absolute atomic E-state index is 0.376. The van der Waals surface area contributed by atoms with Crippen molar-refractivity contribution >= 4 is 0 Å². The van der Waals surface area contributed by atoms with E-state index in [-0.39, 0.29) is 0 Å². The molecule has 0 aromatic carbocycles. The van der Waals surface area contributed by atoms with Crippen LogP contribution in [0.15, 0.2) is 0 Å². The van der Waals surface area contributed by atoms with Crippen molar-refractivity contribution in [2.75, 3.05) is 0 Å². The molecule has 1 aliphatic heterocycles. The molecule has 1 aliphatic carbocycles. The van der Waals surface area contributed by atoms with Gasteiger partial charge in [0, 0.05) is 17.6 Å². The van der Waals surface area contributed by atoms with Crippen molar-refractivity contribution in [3.05, 3.63) is 0 Å². The highest BCUT2D eigenvalue weighted by Gasteiger charge is 2.54. The molecule has 1 nitrogen and oxygen atoms in total. The third kappa shape index (κ3) is 2.92. The van der Waals surface area contributed by atoms with E-state index in [0.29, 0.717) is 11.0 Å². The Kier molecular flexibility index (Phi) is 5.13. The second-order valence-electron chi connectivity index (χ2n) is 8.90. The molecule has 1 heterocycles. The van der Waals surface area contributed by atoms with Crippen LogP contribution in [0.1, 0.15) is 93.4 Å². The molecule has 0 N–H and O–H groups in total. The lowest BCUT2D eigenvalue weighted by Crippen LogP contribution is -2.54. The van der Waals surface area contributed by atoms with Gasteiger partial charge in [0.1, 0.15) is 0 Å². The molecule has 2 aliphatic rings. The normalized spacial score (nSPS) is 36.3. The van der Waals surface area contributed by atoms with Gasteiger partial charge in [0.05, 0.1) is 0 Å². The van der Waals surface area contributed by atoms with Gasteiger partial charge in [0.15, 0.2) is 0 Å². The maximum atomic E-state index is 2.98. The maximum absolute atomic E-state index is 2.98. The highest BCUT2D eigenvalue weighted by atomic mass is 15.3. The molecular formula is C20H39N. The minimum atomic E-state index is 0.376. The van der Waals surface area contributed by atoms with Crippen LogP contribution in [0.4, 0.5) is 0 Å². The Balaban J connectivity index is 2.32. The molecule has 0 spiro atoms. The van der Waals surface area contributed by atoms with Crippen LogP contribution in [0.3, 0.4) is 0 Å². The van der Waals surface area contributed by atoms with Crippen LogP contribution in [-0.2, 0) is 0 Å². The van der Waals surface area contributed by atoms with Gasteiger partial charge >= 0.3 is 0 Å². The van der Waals surface area contributed by atoms with Gasteiger partial charge in [-0.3, -0.25) is 4.90 Å². The lowest BCUT2D eigenvalue weighted by molar-refractivity contribution is -0.000138. The third-order valence-electron chi connectivity index (χ3n) is 7.19. The van der Waals surface area contributed by atoms with Gasteiger partial charge in [0.2, 0.25) is 0 Å². The number of nitrogens with zero attached hydrogens (tertiary/aromatic N) is 1. The van der Waals surface area contributed by atoms with E-state index in [1.165, 1.54) is 44.9 Å². The van der Waals surface area contributed by atoms with Crippen LogP contribution in [0.5, 0.6) is 0 Å². The lowest BCUT2D eigenvalue weighted by atomic mass is 9.73. The van der Waals surface area contributed by atoms with Crippen LogP contribution < -0.4 is 0 Å². The summed E-state index contributed by atoms with van der Waals surface area (Å²) in [5.74, 6) is 1.74. The fourth-order valence-corrected chi connectivity index (χ4v) is 6.01. The highest BCUT2D eigenvalue weighted by Crippen LogP contribution is 2.53. The molecule has 1 heteroatoms. The second-order valence-corrected chi connectivity index (χ2v) is 8.90. The lowest BCUT2D eigenvalue weighted by Gasteiger charge is -2.48. The Morgan fingerprint density at radius 3 is 2.10 bits per heavy atom. The number of hydrogen-bond donors (Lipinski definition) is 0. The summed E-state index contributed by atoms with van der Waals surface area (Å²) < 4.78 is 0. The molecule has 1 saturated carbocycles. The summed E-state index contributed by atoms with van der Waals surface area (Å²) in [5.41, 5.74) is 0.920. The first-order valence-electron chi connectivity index (χ1n) is 9.57. The van der Waals surface area contributed by atoms with E-state index in [2.05, 4.69) is 53.4 Å². The van der Waals surface area contributed by atoms with Gasteiger partial charge in [-0.15, -0.1) is 0 Å². The molecule has 2 fully saturated rings. The first kappa shape index (κ1) is 17.3. The van der Waals surface area contributed by atoms with E-state index in [0.717, 1.165) is 23.9 Å². The summed E-state index contributed by atoms with van der Waals surface area (Å²) in [7, 11) is 0. The standard InChI is InChI=1S/C20H39N/c1-8-20(9-2)14-19(6,7)21(16(20)5)18-13-11-10-12-17(18)15(3)4/h15-18H,8-14H2,1-7H3/t16?,17-,18+/m0/s1. The van der Waals surface area contributed by atoms with Crippen molar-refractivity contribution in [3.8, 4) is 0 Å². The Labute approximate surface area is 133 Å². The maximum Gasteiger partial charge on any atom is 0.0165 e.